The van der Waals surface area contributed by atoms with Crippen LogP contribution in [0, 0.1) is 5.41 Å². The molecule has 1 saturated carbocycles. The Balaban J connectivity index is 3.00. The molecule has 19 heavy (non-hydrogen) atoms. The average Bonchev–Trinajstić information content (AvgIpc) is 2.40. The van der Waals surface area contributed by atoms with Crippen LogP contribution in [0.2, 0.25) is 0 Å². The molecule has 7 nitrogen and oxygen atoms in total. The van der Waals surface area contributed by atoms with Crippen molar-refractivity contribution < 1.29 is 19.1 Å². The first-order valence-corrected chi connectivity index (χ1v) is 6.49. The summed E-state index contributed by atoms with van der Waals surface area (Å²) in [6.45, 7) is 3.77. The summed E-state index contributed by atoms with van der Waals surface area (Å²) in [4.78, 5) is 27.0. The predicted octanol–water partition coefficient (Wildman–Crippen LogP) is 2.35. The van der Waals surface area contributed by atoms with Crippen molar-refractivity contribution in [3.8, 4) is 0 Å². The fourth-order valence-electron chi connectivity index (χ4n) is 2.41. The summed E-state index contributed by atoms with van der Waals surface area (Å²) >= 11 is 0. The molecule has 1 unspecified atom stereocenters. The van der Waals surface area contributed by atoms with Gasteiger partial charge in [0.25, 0.3) is 0 Å². The van der Waals surface area contributed by atoms with Gasteiger partial charge in [-0.25, -0.2) is 0 Å². The summed E-state index contributed by atoms with van der Waals surface area (Å²) in [7, 11) is 0. The van der Waals surface area contributed by atoms with Gasteiger partial charge in [-0.05, 0) is 38.6 Å². The monoisotopic (exact) mass is 269 g/mol. The largest absolute Gasteiger partial charge is 0.465 e. The normalized spacial score (nSPS) is 21.1. The van der Waals surface area contributed by atoms with Crippen molar-refractivity contribution in [1.29, 1.82) is 0 Å². The van der Waals surface area contributed by atoms with Gasteiger partial charge >= 0.3 is 11.9 Å². The summed E-state index contributed by atoms with van der Waals surface area (Å²) in [5.41, 5.74) is 7.18. The molecule has 0 amide bonds. The highest BCUT2D eigenvalue weighted by Crippen LogP contribution is 2.40. The van der Waals surface area contributed by atoms with Gasteiger partial charge in [-0.1, -0.05) is 11.5 Å². The van der Waals surface area contributed by atoms with Gasteiger partial charge in [-0.15, -0.1) is 0 Å². The highest BCUT2D eigenvalue weighted by Gasteiger charge is 2.51. The second kappa shape index (κ2) is 6.99. The molecule has 0 saturated heterocycles. The maximum absolute atomic E-state index is 12.1. The zero-order valence-corrected chi connectivity index (χ0v) is 11.3. The van der Waals surface area contributed by atoms with Gasteiger partial charge in [0, 0.05) is 11.0 Å². The molecule has 7 heteroatoms. The summed E-state index contributed by atoms with van der Waals surface area (Å²) in [5, 5.41) is 3.63. The summed E-state index contributed by atoms with van der Waals surface area (Å²) in [6, 6.07) is -0.368. The van der Waals surface area contributed by atoms with E-state index in [9.17, 15) is 9.59 Å². The van der Waals surface area contributed by atoms with Crippen molar-refractivity contribution in [3.63, 3.8) is 0 Å². The van der Waals surface area contributed by atoms with Crippen LogP contribution in [0.15, 0.2) is 5.11 Å². The number of rotatable bonds is 5. The molecule has 1 aliphatic carbocycles. The molecule has 0 heterocycles. The van der Waals surface area contributed by atoms with E-state index < -0.39 is 17.4 Å². The van der Waals surface area contributed by atoms with Crippen LogP contribution in [0.3, 0.4) is 0 Å². The lowest BCUT2D eigenvalue weighted by Crippen LogP contribution is -2.46. The highest BCUT2D eigenvalue weighted by atomic mass is 16.6. The van der Waals surface area contributed by atoms with Crippen molar-refractivity contribution in [2.75, 3.05) is 13.2 Å². The van der Waals surface area contributed by atoms with Crippen molar-refractivity contribution >= 4 is 11.9 Å². The van der Waals surface area contributed by atoms with Crippen LogP contribution in [0.4, 0.5) is 0 Å². The van der Waals surface area contributed by atoms with Gasteiger partial charge in [0.15, 0.2) is 5.41 Å². The van der Waals surface area contributed by atoms with E-state index in [1.807, 2.05) is 0 Å². The maximum atomic E-state index is 12.1. The topological polar surface area (TPSA) is 101 Å². The first-order valence-electron chi connectivity index (χ1n) is 6.49. The molecular formula is C12H19N3O4. The third-order valence-corrected chi connectivity index (χ3v) is 3.27. The molecule has 1 fully saturated rings. The predicted molar refractivity (Wildman–Crippen MR) is 67.1 cm³/mol. The van der Waals surface area contributed by atoms with E-state index in [4.69, 9.17) is 15.0 Å². The van der Waals surface area contributed by atoms with E-state index in [1.54, 1.807) is 13.8 Å². The van der Waals surface area contributed by atoms with Crippen molar-refractivity contribution in [2.24, 2.45) is 10.5 Å². The SMILES string of the molecule is CCOC(=O)C1(C(=O)OCC)CCCC(N=[N+]=[N-])C1. The number of carbonyl (C=O) groups is 2. The lowest BCUT2D eigenvalue weighted by molar-refractivity contribution is -0.175. The Labute approximate surface area is 111 Å². The number of esters is 2. The molecule has 106 valence electrons. The third-order valence-electron chi connectivity index (χ3n) is 3.27. The van der Waals surface area contributed by atoms with Crippen LogP contribution in [0.5, 0.6) is 0 Å². The van der Waals surface area contributed by atoms with E-state index in [0.717, 1.165) is 0 Å². The molecule has 1 aliphatic rings. The Morgan fingerprint density at radius 1 is 1.32 bits per heavy atom. The molecule has 1 atom stereocenters. The molecule has 0 N–H and O–H groups in total. The van der Waals surface area contributed by atoms with Gasteiger partial charge in [0.2, 0.25) is 0 Å². The molecule has 0 aliphatic heterocycles. The minimum absolute atomic E-state index is 0.161. The average molecular weight is 269 g/mol. The first-order chi connectivity index (χ1) is 9.10. The maximum Gasteiger partial charge on any atom is 0.323 e. The Hall–Kier alpha value is -1.75. The molecule has 0 spiro atoms. The summed E-state index contributed by atoms with van der Waals surface area (Å²) < 4.78 is 10.0. The highest BCUT2D eigenvalue weighted by molar-refractivity contribution is 6.00. The van der Waals surface area contributed by atoms with E-state index in [-0.39, 0.29) is 25.7 Å². The minimum Gasteiger partial charge on any atom is -0.465 e. The zero-order valence-electron chi connectivity index (χ0n) is 11.3. The molecule has 0 aromatic carbocycles. The number of carbonyl (C=O) groups excluding carboxylic acids is 2. The van der Waals surface area contributed by atoms with Crippen LogP contribution in [0.25, 0.3) is 10.4 Å². The standard InChI is InChI=1S/C12H19N3O4/c1-3-18-10(16)12(11(17)19-4-2)7-5-6-9(8-12)14-15-13/h9H,3-8H2,1-2H3. The summed E-state index contributed by atoms with van der Waals surface area (Å²) in [5.74, 6) is -1.16. The fourth-order valence-corrected chi connectivity index (χ4v) is 2.41. The van der Waals surface area contributed by atoms with Gasteiger partial charge in [0.1, 0.15) is 0 Å². The summed E-state index contributed by atoms with van der Waals surface area (Å²) in [6.07, 6.45) is 1.84. The second-order valence-electron chi connectivity index (χ2n) is 4.48. The minimum atomic E-state index is -1.32. The smallest absolute Gasteiger partial charge is 0.323 e. The molecule has 0 aromatic heterocycles. The molecule has 0 aromatic rings. The van der Waals surface area contributed by atoms with Crippen LogP contribution in [-0.4, -0.2) is 31.2 Å². The van der Waals surface area contributed by atoms with Crippen LogP contribution < -0.4 is 0 Å². The number of hydrogen-bond donors (Lipinski definition) is 0. The Kier molecular flexibility index (Phi) is 5.63. The Morgan fingerprint density at radius 2 is 1.89 bits per heavy atom. The van der Waals surface area contributed by atoms with Crippen molar-refractivity contribution in [1.82, 2.24) is 0 Å². The quantitative estimate of drug-likeness (QED) is 0.251. The molecule has 1 rings (SSSR count). The third kappa shape index (κ3) is 3.38. The van der Waals surface area contributed by atoms with E-state index in [2.05, 4.69) is 10.0 Å². The fraction of sp³-hybridized carbons (Fsp3) is 0.833. The molecular weight excluding hydrogens is 250 g/mol. The number of azide groups is 1. The van der Waals surface area contributed by atoms with Crippen LogP contribution >= 0.6 is 0 Å². The second-order valence-corrected chi connectivity index (χ2v) is 4.48. The van der Waals surface area contributed by atoms with Gasteiger partial charge in [-0.3, -0.25) is 9.59 Å². The Bertz CT molecular complexity index is 372. The number of ether oxygens (including phenoxy) is 2. The van der Waals surface area contributed by atoms with E-state index in [0.29, 0.717) is 19.3 Å². The number of nitrogens with zero attached hydrogens (tertiary/aromatic N) is 3. The molecule has 0 bridgehead atoms. The lowest BCUT2D eigenvalue weighted by Gasteiger charge is -2.35. The lowest BCUT2D eigenvalue weighted by atomic mass is 9.72. The number of hydrogen-bond acceptors (Lipinski definition) is 5. The van der Waals surface area contributed by atoms with Crippen LogP contribution in [-0.2, 0) is 19.1 Å². The Morgan fingerprint density at radius 3 is 2.37 bits per heavy atom. The first kappa shape index (κ1) is 15.3. The zero-order chi connectivity index (χ0) is 14.3. The van der Waals surface area contributed by atoms with Crippen molar-refractivity contribution in [3.05, 3.63) is 10.4 Å². The van der Waals surface area contributed by atoms with Gasteiger partial charge in [-0.2, -0.15) is 0 Å². The molecule has 0 radical (unpaired) electrons. The van der Waals surface area contributed by atoms with Gasteiger partial charge in [0.05, 0.1) is 13.2 Å². The van der Waals surface area contributed by atoms with Gasteiger partial charge < -0.3 is 9.47 Å². The van der Waals surface area contributed by atoms with E-state index >= 15 is 0 Å². The van der Waals surface area contributed by atoms with Crippen molar-refractivity contribution in [2.45, 2.75) is 45.6 Å². The van der Waals surface area contributed by atoms with Crippen LogP contribution in [0.1, 0.15) is 39.5 Å². The van der Waals surface area contributed by atoms with E-state index in [1.165, 1.54) is 0 Å².